The van der Waals surface area contributed by atoms with Crippen LogP contribution in [-0.4, -0.2) is 49.8 Å². The van der Waals surface area contributed by atoms with E-state index in [2.05, 4.69) is 23.7 Å². The van der Waals surface area contributed by atoms with Gasteiger partial charge < -0.3 is 20.1 Å². The number of aliphatic hydroxyl groups is 3. The molecule has 1 aromatic rings. The highest BCUT2D eigenvalue weighted by Crippen LogP contribution is 2.27. The minimum absolute atomic E-state index is 0.0874. The topological polar surface area (TPSA) is 125 Å². The van der Waals surface area contributed by atoms with E-state index < -0.39 is 42.4 Å². The number of ether oxygens (including phenoxy) is 1. The van der Waals surface area contributed by atoms with E-state index in [4.69, 9.17) is 4.74 Å². The predicted octanol–water partition coefficient (Wildman–Crippen LogP) is 1.81. The van der Waals surface area contributed by atoms with Crippen LogP contribution >= 0.6 is 0 Å². The molecule has 2 heterocycles. The van der Waals surface area contributed by atoms with Gasteiger partial charge in [0.1, 0.15) is 23.9 Å². The molecule has 8 nitrogen and oxygen atoms in total. The fourth-order valence-electron chi connectivity index (χ4n) is 3.73. The zero-order chi connectivity index (χ0) is 22.6. The first-order valence-electron chi connectivity index (χ1n) is 11.5. The van der Waals surface area contributed by atoms with Crippen molar-refractivity contribution in [2.75, 3.05) is 6.61 Å². The molecule has 31 heavy (non-hydrogen) atoms. The Bertz CT molecular complexity index is 837. The van der Waals surface area contributed by atoms with Crippen molar-refractivity contribution in [3.8, 4) is 11.8 Å². The van der Waals surface area contributed by atoms with Gasteiger partial charge in [-0.15, -0.1) is 0 Å². The molecule has 0 bridgehead atoms. The highest BCUT2D eigenvalue weighted by Gasteiger charge is 2.43. The van der Waals surface area contributed by atoms with Crippen molar-refractivity contribution in [1.29, 1.82) is 0 Å². The van der Waals surface area contributed by atoms with Crippen molar-refractivity contribution in [2.45, 2.75) is 102 Å². The van der Waals surface area contributed by atoms with Crippen molar-refractivity contribution >= 4 is 0 Å². The van der Waals surface area contributed by atoms with Crippen LogP contribution in [0, 0.1) is 11.8 Å². The molecule has 0 spiro atoms. The van der Waals surface area contributed by atoms with Gasteiger partial charge in [0.05, 0.1) is 6.61 Å². The lowest BCUT2D eigenvalue weighted by atomic mass is 10.1. The number of aliphatic hydroxyl groups excluding tert-OH is 3. The smallest absolute Gasteiger partial charge is 0.330 e. The molecule has 8 heteroatoms. The molecule has 2 rings (SSSR count). The largest absolute Gasteiger partial charge is 0.394 e. The molecule has 0 unspecified atom stereocenters. The lowest BCUT2D eigenvalue weighted by Crippen LogP contribution is -2.38. The number of unbranched alkanes of at least 4 members (excludes halogenated alkanes) is 10. The van der Waals surface area contributed by atoms with Gasteiger partial charge in [0.15, 0.2) is 6.23 Å². The van der Waals surface area contributed by atoms with E-state index in [0.29, 0.717) is 6.42 Å². The first-order valence-corrected chi connectivity index (χ1v) is 11.5. The summed E-state index contributed by atoms with van der Waals surface area (Å²) in [6.07, 6.45) is 9.29. The Morgan fingerprint density at radius 2 is 1.61 bits per heavy atom. The molecule has 0 saturated carbocycles. The van der Waals surface area contributed by atoms with E-state index in [-0.39, 0.29) is 5.56 Å². The summed E-state index contributed by atoms with van der Waals surface area (Å²) in [6.45, 7) is 1.72. The molecule has 1 saturated heterocycles. The number of nitrogens with one attached hydrogen (secondary N) is 1. The van der Waals surface area contributed by atoms with Crippen LogP contribution in [0.15, 0.2) is 15.8 Å². The number of H-pyrrole nitrogens is 1. The fraction of sp³-hybridized carbons (Fsp3) is 0.739. The minimum Gasteiger partial charge on any atom is -0.394 e. The Labute approximate surface area is 183 Å². The Morgan fingerprint density at radius 3 is 2.19 bits per heavy atom. The quantitative estimate of drug-likeness (QED) is 0.293. The second-order valence-electron chi connectivity index (χ2n) is 8.17. The summed E-state index contributed by atoms with van der Waals surface area (Å²) in [6, 6.07) is 0. The van der Waals surface area contributed by atoms with E-state index in [9.17, 15) is 24.9 Å². The van der Waals surface area contributed by atoms with Crippen molar-refractivity contribution in [1.82, 2.24) is 9.55 Å². The molecular formula is C23H36N2O6. The van der Waals surface area contributed by atoms with Gasteiger partial charge in [-0.25, -0.2) is 4.79 Å². The third-order valence-corrected chi connectivity index (χ3v) is 5.64. The normalized spacial score (nSPS) is 23.0. The monoisotopic (exact) mass is 436 g/mol. The van der Waals surface area contributed by atoms with Gasteiger partial charge in [0, 0.05) is 12.6 Å². The summed E-state index contributed by atoms with van der Waals surface area (Å²) in [4.78, 5) is 26.3. The molecule has 4 atom stereocenters. The number of aromatic amines is 1. The Hall–Kier alpha value is -1.92. The summed E-state index contributed by atoms with van der Waals surface area (Å²) in [5.74, 6) is 5.75. The summed E-state index contributed by atoms with van der Waals surface area (Å²) in [7, 11) is 0. The van der Waals surface area contributed by atoms with Gasteiger partial charge in [-0.2, -0.15) is 0 Å². The SMILES string of the molecule is CCCCCCCCCCCCC#Cc1cn([C@@H]2O[C@H](CO)[C@@H](O)[C@@H]2O)c(=O)[nH]c1=O. The maximum absolute atomic E-state index is 12.1. The third kappa shape index (κ3) is 7.62. The van der Waals surface area contributed by atoms with Crippen molar-refractivity contribution in [3.05, 3.63) is 32.6 Å². The van der Waals surface area contributed by atoms with Crippen LogP contribution in [0.4, 0.5) is 0 Å². The van der Waals surface area contributed by atoms with Crippen LogP contribution in [0.2, 0.25) is 0 Å². The lowest BCUT2D eigenvalue weighted by Gasteiger charge is -2.17. The average Bonchev–Trinajstić information content (AvgIpc) is 3.04. The van der Waals surface area contributed by atoms with Crippen LogP contribution in [-0.2, 0) is 4.74 Å². The van der Waals surface area contributed by atoms with E-state index in [1.165, 1.54) is 57.6 Å². The van der Waals surface area contributed by atoms with Crippen molar-refractivity contribution in [3.63, 3.8) is 0 Å². The standard InChI is InChI=1S/C23H36N2O6/c1-2-3-4-5-6-7-8-9-10-11-12-13-14-17-15-25(23(30)24-21(17)29)22-20(28)19(27)18(16-26)31-22/h15,18-20,22,26-28H,2-12,16H2,1H3,(H,24,29,30)/t18-,19-,20+,22-/m1/s1. The van der Waals surface area contributed by atoms with Gasteiger partial charge in [-0.3, -0.25) is 14.3 Å². The molecule has 1 aliphatic rings. The first kappa shape index (κ1) is 25.3. The summed E-state index contributed by atoms with van der Waals surface area (Å²) >= 11 is 0. The van der Waals surface area contributed by atoms with Gasteiger partial charge in [0.25, 0.3) is 5.56 Å². The number of hydrogen-bond acceptors (Lipinski definition) is 6. The predicted molar refractivity (Wildman–Crippen MR) is 118 cm³/mol. The maximum atomic E-state index is 12.1. The molecule has 1 fully saturated rings. The molecule has 0 aromatic carbocycles. The van der Waals surface area contributed by atoms with Crippen molar-refractivity contribution < 1.29 is 20.1 Å². The highest BCUT2D eigenvalue weighted by atomic mass is 16.6. The summed E-state index contributed by atoms with van der Waals surface area (Å²) in [5, 5.41) is 29.2. The van der Waals surface area contributed by atoms with Crippen LogP contribution in [0.3, 0.4) is 0 Å². The zero-order valence-corrected chi connectivity index (χ0v) is 18.4. The number of rotatable bonds is 12. The second-order valence-corrected chi connectivity index (χ2v) is 8.17. The van der Waals surface area contributed by atoms with E-state index in [1.807, 2.05) is 0 Å². The molecule has 0 amide bonds. The second kappa shape index (κ2) is 13.5. The van der Waals surface area contributed by atoms with Crippen LogP contribution in [0.5, 0.6) is 0 Å². The molecule has 174 valence electrons. The third-order valence-electron chi connectivity index (χ3n) is 5.64. The van der Waals surface area contributed by atoms with Crippen molar-refractivity contribution in [2.24, 2.45) is 0 Å². The molecule has 0 radical (unpaired) electrons. The molecular weight excluding hydrogens is 400 g/mol. The maximum Gasteiger partial charge on any atom is 0.330 e. The van der Waals surface area contributed by atoms with Gasteiger partial charge in [-0.1, -0.05) is 76.6 Å². The minimum atomic E-state index is -1.41. The Balaban J connectivity index is 1.82. The van der Waals surface area contributed by atoms with Crippen LogP contribution < -0.4 is 11.2 Å². The fourth-order valence-corrected chi connectivity index (χ4v) is 3.73. The Kier molecular flexibility index (Phi) is 11.0. The zero-order valence-electron chi connectivity index (χ0n) is 18.4. The molecule has 4 N–H and O–H groups in total. The van der Waals surface area contributed by atoms with E-state index in [1.54, 1.807) is 0 Å². The average molecular weight is 437 g/mol. The summed E-state index contributed by atoms with van der Waals surface area (Å²) in [5.41, 5.74) is -1.30. The molecule has 0 aliphatic carbocycles. The number of nitrogens with zero attached hydrogens (tertiary/aromatic N) is 1. The van der Waals surface area contributed by atoms with Gasteiger partial charge in [0.2, 0.25) is 0 Å². The Morgan fingerprint density at radius 1 is 1.00 bits per heavy atom. The van der Waals surface area contributed by atoms with Gasteiger partial charge >= 0.3 is 5.69 Å². The highest BCUT2D eigenvalue weighted by molar-refractivity contribution is 5.29. The van der Waals surface area contributed by atoms with E-state index in [0.717, 1.165) is 17.4 Å². The van der Waals surface area contributed by atoms with E-state index >= 15 is 0 Å². The molecule has 1 aliphatic heterocycles. The van der Waals surface area contributed by atoms with Gasteiger partial charge in [-0.05, 0) is 6.42 Å². The van der Waals surface area contributed by atoms with Crippen LogP contribution in [0.25, 0.3) is 0 Å². The van der Waals surface area contributed by atoms with Crippen LogP contribution in [0.1, 0.15) is 89.3 Å². The number of hydrogen-bond donors (Lipinski definition) is 4. The number of aromatic nitrogens is 2. The molecule has 1 aromatic heterocycles. The summed E-state index contributed by atoms with van der Waals surface area (Å²) < 4.78 is 6.35. The first-order chi connectivity index (χ1) is 15.0. The lowest BCUT2D eigenvalue weighted by molar-refractivity contribution is -0.0550.